The second kappa shape index (κ2) is 6.98. The summed E-state index contributed by atoms with van der Waals surface area (Å²) in [6.07, 6.45) is 1.38. The molecule has 0 amide bonds. The van der Waals surface area contributed by atoms with Gasteiger partial charge < -0.3 is 4.74 Å². The molecule has 0 spiro atoms. The van der Waals surface area contributed by atoms with Crippen molar-refractivity contribution in [3.05, 3.63) is 41.0 Å². The molecule has 4 heteroatoms. The highest BCUT2D eigenvalue weighted by molar-refractivity contribution is 5.98. The van der Waals surface area contributed by atoms with E-state index in [4.69, 9.17) is 15.3 Å². The molecule has 1 rings (SSSR count). The van der Waals surface area contributed by atoms with E-state index in [0.717, 1.165) is 0 Å². The summed E-state index contributed by atoms with van der Waals surface area (Å²) >= 11 is 0. The van der Waals surface area contributed by atoms with Crippen LogP contribution in [-0.2, 0) is 9.53 Å². The number of rotatable bonds is 4. The van der Waals surface area contributed by atoms with Crippen LogP contribution in [0.25, 0.3) is 6.08 Å². The Balaban J connectivity index is 2.97. The van der Waals surface area contributed by atoms with Gasteiger partial charge in [0.25, 0.3) is 0 Å². The van der Waals surface area contributed by atoms with E-state index in [0.29, 0.717) is 11.1 Å². The Labute approximate surface area is 112 Å². The molecule has 0 heterocycles. The number of ether oxygens (including phenoxy) is 1. The molecule has 0 aliphatic carbocycles. The molecule has 4 nitrogen and oxygen atoms in total. The zero-order valence-electron chi connectivity index (χ0n) is 10.9. The molecule has 0 bridgehead atoms. The van der Waals surface area contributed by atoms with Gasteiger partial charge in [0.2, 0.25) is 0 Å². The van der Waals surface area contributed by atoms with E-state index < -0.39 is 5.97 Å². The van der Waals surface area contributed by atoms with Gasteiger partial charge in [-0.1, -0.05) is 32.0 Å². The van der Waals surface area contributed by atoms with Crippen LogP contribution in [0.5, 0.6) is 0 Å². The van der Waals surface area contributed by atoms with Gasteiger partial charge >= 0.3 is 5.97 Å². The predicted molar refractivity (Wildman–Crippen MR) is 70.5 cm³/mol. The Kier molecular flexibility index (Phi) is 5.32. The molecular weight excluding hydrogens is 240 g/mol. The Bertz CT molecular complexity index is 575. The maximum atomic E-state index is 11.7. The highest BCUT2D eigenvalue weighted by Crippen LogP contribution is 2.13. The maximum absolute atomic E-state index is 11.7. The lowest BCUT2D eigenvalue weighted by Crippen LogP contribution is -2.11. The number of nitrogens with zero attached hydrogens (tertiary/aromatic N) is 2. The Morgan fingerprint density at radius 2 is 2.05 bits per heavy atom. The first kappa shape index (κ1) is 14.5. The fourth-order valence-corrected chi connectivity index (χ4v) is 1.34. The van der Waals surface area contributed by atoms with E-state index >= 15 is 0 Å². The van der Waals surface area contributed by atoms with Crippen molar-refractivity contribution < 1.29 is 9.53 Å². The van der Waals surface area contributed by atoms with Crippen LogP contribution in [0.1, 0.15) is 25.0 Å². The zero-order valence-corrected chi connectivity index (χ0v) is 10.9. The first-order valence-electron chi connectivity index (χ1n) is 5.86. The van der Waals surface area contributed by atoms with Crippen molar-refractivity contribution in [1.29, 1.82) is 10.5 Å². The third-order valence-corrected chi connectivity index (χ3v) is 2.27. The topological polar surface area (TPSA) is 73.9 Å². The maximum Gasteiger partial charge on any atom is 0.348 e. The van der Waals surface area contributed by atoms with Gasteiger partial charge in [0, 0.05) is 0 Å². The van der Waals surface area contributed by atoms with Gasteiger partial charge in [0.1, 0.15) is 11.6 Å². The first-order valence-corrected chi connectivity index (χ1v) is 5.86. The molecule has 0 unspecified atom stereocenters. The smallest absolute Gasteiger partial charge is 0.348 e. The van der Waals surface area contributed by atoms with E-state index in [-0.39, 0.29) is 18.1 Å². The standard InChI is InChI=1S/C15H14N2O2/c1-11(2)10-19-15(18)14(9-17)7-12-5-3-4-6-13(12)8-16/h3-7,11H,10H2,1-2H3/b14-7+. The number of esters is 1. The van der Waals surface area contributed by atoms with Crippen LogP contribution >= 0.6 is 0 Å². The summed E-state index contributed by atoms with van der Waals surface area (Å²) in [4.78, 5) is 11.7. The van der Waals surface area contributed by atoms with Gasteiger partial charge in [-0.2, -0.15) is 10.5 Å². The van der Waals surface area contributed by atoms with E-state index in [2.05, 4.69) is 0 Å². The quantitative estimate of drug-likeness (QED) is 0.470. The van der Waals surface area contributed by atoms with Gasteiger partial charge in [-0.15, -0.1) is 0 Å². The number of hydrogen-bond donors (Lipinski definition) is 0. The molecule has 0 saturated carbocycles. The molecule has 19 heavy (non-hydrogen) atoms. The summed E-state index contributed by atoms with van der Waals surface area (Å²) in [5.74, 6) is -0.459. The summed E-state index contributed by atoms with van der Waals surface area (Å²) in [6.45, 7) is 4.08. The number of benzene rings is 1. The molecular formula is C15H14N2O2. The second-order valence-corrected chi connectivity index (χ2v) is 4.36. The van der Waals surface area contributed by atoms with Crippen molar-refractivity contribution in [2.24, 2.45) is 5.92 Å². The summed E-state index contributed by atoms with van der Waals surface area (Å²) < 4.78 is 4.99. The van der Waals surface area contributed by atoms with Crippen LogP contribution in [-0.4, -0.2) is 12.6 Å². The number of carbonyl (C=O) groups excluding carboxylic acids is 1. The van der Waals surface area contributed by atoms with Gasteiger partial charge in [-0.05, 0) is 23.6 Å². The molecule has 1 aromatic rings. The lowest BCUT2D eigenvalue weighted by molar-refractivity contribution is -0.139. The average Bonchev–Trinajstić information content (AvgIpc) is 2.42. The highest BCUT2D eigenvalue weighted by Gasteiger charge is 2.12. The van der Waals surface area contributed by atoms with Crippen molar-refractivity contribution in [2.75, 3.05) is 6.61 Å². The van der Waals surface area contributed by atoms with Crippen molar-refractivity contribution in [1.82, 2.24) is 0 Å². The number of nitriles is 2. The molecule has 0 fully saturated rings. The van der Waals surface area contributed by atoms with E-state index in [9.17, 15) is 4.79 Å². The Morgan fingerprint density at radius 1 is 1.37 bits per heavy atom. The summed E-state index contributed by atoms with van der Waals surface area (Å²) in [5, 5.41) is 17.9. The minimum absolute atomic E-state index is 0.108. The average molecular weight is 254 g/mol. The summed E-state index contributed by atoms with van der Waals surface area (Å²) in [6, 6.07) is 10.6. The molecule has 1 aromatic carbocycles. The van der Waals surface area contributed by atoms with Crippen LogP contribution < -0.4 is 0 Å². The van der Waals surface area contributed by atoms with Crippen molar-refractivity contribution in [3.8, 4) is 12.1 Å². The normalized spacial score (nSPS) is 10.7. The van der Waals surface area contributed by atoms with E-state index in [1.807, 2.05) is 19.9 Å². The van der Waals surface area contributed by atoms with Crippen LogP contribution in [0.15, 0.2) is 29.8 Å². The van der Waals surface area contributed by atoms with Crippen molar-refractivity contribution in [3.63, 3.8) is 0 Å². The molecule has 0 aliphatic rings. The first-order chi connectivity index (χ1) is 9.08. The SMILES string of the molecule is CC(C)COC(=O)/C(C#N)=C/c1ccccc1C#N. The molecule has 0 radical (unpaired) electrons. The molecule has 0 aromatic heterocycles. The van der Waals surface area contributed by atoms with Crippen LogP contribution in [0, 0.1) is 28.6 Å². The monoisotopic (exact) mass is 254 g/mol. The lowest BCUT2D eigenvalue weighted by atomic mass is 10.1. The molecule has 0 atom stereocenters. The minimum atomic E-state index is -0.663. The van der Waals surface area contributed by atoms with Gasteiger partial charge in [0.15, 0.2) is 0 Å². The van der Waals surface area contributed by atoms with E-state index in [1.165, 1.54) is 6.08 Å². The lowest BCUT2D eigenvalue weighted by Gasteiger charge is -2.06. The predicted octanol–water partition coefficient (Wildman–Crippen LogP) is 2.66. The Morgan fingerprint density at radius 3 is 2.63 bits per heavy atom. The van der Waals surface area contributed by atoms with Crippen LogP contribution in [0.3, 0.4) is 0 Å². The second-order valence-electron chi connectivity index (χ2n) is 4.36. The van der Waals surface area contributed by atoms with Crippen LogP contribution in [0.4, 0.5) is 0 Å². The third-order valence-electron chi connectivity index (χ3n) is 2.27. The number of hydrogen-bond acceptors (Lipinski definition) is 4. The summed E-state index contributed by atoms with van der Waals surface area (Å²) in [7, 11) is 0. The van der Waals surface area contributed by atoms with Crippen molar-refractivity contribution >= 4 is 12.0 Å². The van der Waals surface area contributed by atoms with Gasteiger partial charge in [0.05, 0.1) is 18.2 Å². The largest absolute Gasteiger partial charge is 0.461 e. The van der Waals surface area contributed by atoms with Gasteiger partial charge in [-0.3, -0.25) is 0 Å². The summed E-state index contributed by atoms with van der Waals surface area (Å²) in [5.41, 5.74) is 0.832. The molecule has 0 saturated heterocycles. The van der Waals surface area contributed by atoms with Crippen LogP contribution in [0.2, 0.25) is 0 Å². The number of carbonyl (C=O) groups is 1. The molecule has 0 aliphatic heterocycles. The zero-order chi connectivity index (χ0) is 14.3. The third kappa shape index (κ3) is 4.29. The molecule has 96 valence electrons. The fourth-order valence-electron chi connectivity index (χ4n) is 1.34. The minimum Gasteiger partial charge on any atom is -0.461 e. The van der Waals surface area contributed by atoms with E-state index in [1.54, 1.807) is 30.3 Å². The van der Waals surface area contributed by atoms with Crippen molar-refractivity contribution in [2.45, 2.75) is 13.8 Å². The Hall–Kier alpha value is -2.59. The molecule has 0 N–H and O–H groups in total. The highest BCUT2D eigenvalue weighted by atomic mass is 16.5. The fraction of sp³-hybridized carbons (Fsp3) is 0.267. The van der Waals surface area contributed by atoms with Gasteiger partial charge in [-0.25, -0.2) is 4.79 Å².